The molecule has 2 atom stereocenters. The number of nitrogens with zero attached hydrogens (tertiary/aromatic N) is 5. The van der Waals surface area contributed by atoms with Crippen LogP contribution >= 0.6 is 24.2 Å². The van der Waals surface area contributed by atoms with E-state index < -0.39 is 11.6 Å². The third-order valence-electron chi connectivity index (χ3n) is 6.63. The van der Waals surface area contributed by atoms with E-state index in [2.05, 4.69) is 20.1 Å². The number of hydrogen-bond donors (Lipinski definition) is 0. The lowest BCUT2D eigenvalue weighted by molar-refractivity contribution is 0.319. The minimum absolute atomic E-state index is 0. The average molecular weight is 482 g/mol. The molecule has 0 bridgehead atoms. The number of thioether (sulfide) groups is 1. The first-order valence-corrected chi connectivity index (χ1v) is 11.6. The van der Waals surface area contributed by atoms with Gasteiger partial charge in [0.2, 0.25) is 5.82 Å². The van der Waals surface area contributed by atoms with Crippen LogP contribution in [0.5, 0.6) is 0 Å². The van der Waals surface area contributed by atoms with Crippen molar-refractivity contribution in [3.63, 3.8) is 0 Å². The van der Waals surface area contributed by atoms with E-state index in [1.807, 2.05) is 18.5 Å². The molecular weight excluding hydrogens is 456 g/mol. The second-order valence-electron chi connectivity index (χ2n) is 8.65. The number of likely N-dealkylation sites (tertiary alicyclic amines) is 1. The smallest absolute Gasteiger partial charge is 0.202 e. The molecule has 2 fully saturated rings. The molecule has 1 spiro atoms. The van der Waals surface area contributed by atoms with Gasteiger partial charge in [-0.15, -0.1) is 22.6 Å². The molecule has 172 valence electrons. The van der Waals surface area contributed by atoms with Gasteiger partial charge in [0, 0.05) is 25.4 Å². The lowest BCUT2D eigenvalue weighted by atomic mass is 9.98. The molecule has 0 radical (unpaired) electrons. The summed E-state index contributed by atoms with van der Waals surface area (Å²) in [5.74, 6) is 1.60. The quantitative estimate of drug-likeness (QED) is 0.355. The van der Waals surface area contributed by atoms with Gasteiger partial charge in [-0.25, -0.2) is 13.8 Å². The van der Waals surface area contributed by atoms with Crippen LogP contribution in [0.3, 0.4) is 0 Å². The van der Waals surface area contributed by atoms with Crippen LogP contribution in [-0.4, -0.2) is 50.0 Å². The van der Waals surface area contributed by atoms with E-state index >= 15 is 0 Å². The number of aromatic nitrogens is 4. The Morgan fingerprint density at radius 1 is 1.28 bits per heavy atom. The van der Waals surface area contributed by atoms with Crippen LogP contribution in [0.15, 0.2) is 34.2 Å². The van der Waals surface area contributed by atoms with Gasteiger partial charge in [-0.05, 0) is 62.2 Å². The molecule has 1 aromatic carbocycles. The van der Waals surface area contributed by atoms with E-state index in [4.69, 9.17) is 4.42 Å². The van der Waals surface area contributed by atoms with Crippen LogP contribution in [0.2, 0.25) is 0 Å². The maximum absolute atomic E-state index is 14.2. The summed E-state index contributed by atoms with van der Waals surface area (Å²) in [6, 6.07) is 4.00. The molecule has 3 aromatic rings. The molecule has 0 unspecified atom stereocenters. The maximum atomic E-state index is 14.2. The van der Waals surface area contributed by atoms with E-state index in [9.17, 15) is 8.78 Å². The van der Waals surface area contributed by atoms with E-state index in [-0.39, 0.29) is 23.7 Å². The highest BCUT2D eigenvalue weighted by atomic mass is 35.5. The molecule has 6 nitrogen and oxygen atoms in total. The van der Waals surface area contributed by atoms with Gasteiger partial charge in [0.15, 0.2) is 17.3 Å². The second-order valence-corrected chi connectivity index (χ2v) is 9.71. The molecule has 0 N–H and O–H groups in total. The first-order chi connectivity index (χ1) is 15.0. The Hall–Kier alpha value is -1.97. The fourth-order valence-electron chi connectivity index (χ4n) is 4.80. The van der Waals surface area contributed by atoms with Crippen molar-refractivity contribution >= 4 is 24.2 Å². The third-order valence-corrected chi connectivity index (χ3v) is 7.73. The van der Waals surface area contributed by atoms with Crippen LogP contribution in [0.1, 0.15) is 36.4 Å². The van der Waals surface area contributed by atoms with Crippen molar-refractivity contribution in [3.05, 3.63) is 47.5 Å². The number of halogens is 3. The molecule has 3 heterocycles. The molecule has 0 amide bonds. The molecule has 1 aliphatic carbocycles. The Kier molecular flexibility index (Phi) is 6.61. The summed E-state index contributed by atoms with van der Waals surface area (Å²) in [5, 5.41) is 9.39. The van der Waals surface area contributed by atoms with Gasteiger partial charge in [0.1, 0.15) is 11.6 Å². The van der Waals surface area contributed by atoms with Crippen LogP contribution < -0.4 is 0 Å². The Balaban J connectivity index is 0.00000245. The zero-order valence-electron chi connectivity index (χ0n) is 18.1. The molecule has 1 saturated carbocycles. The molecule has 1 saturated heterocycles. The molecule has 10 heteroatoms. The van der Waals surface area contributed by atoms with Crippen molar-refractivity contribution in [2.75, 3.05) is 25.4 Å². The van der Waals surface area contributed by atoms with Gasteiger partial charge in [0.25, 0.3) is 0 Å². The topological polar surface area (TPSA) is 60.0 Å². The van der Waals surface area contributed by atoms with Crippen molar-refractivity contribution in [2.24, 2.45) is 12.5 Å². The Labute approximate surface area is 196 Å². The number of aryl methyl sites for hydroxylation is 1. The van der Waals surface area contributed by atoms with Gasteiger partial charge in [-0.2, -0.15) is 0 Å². The van der Waals surface area contributed by atoms with Crippen molar-refractivity contribution in [1.29, 1.82) is 0 Å². The van der Waals surface area contributed by atoms with Crippen LogP contribution in [0, 0.1) is 24.0 Å². The monoisotopic (exact) mass is 481 g/mol. The first-order valence-electron chi connectivity index (χ1n) is 10.6. The summed E-state index contributed by atoms with van der Waals surface area (Å²) in [5.41, 5.74) is 1.66. The van der Waals surface area contributed by atoms with Gasteiger partial charge in [0.05, 0.1) is 5.69 Å². The number of hydrogen-bond acceptors (Lipinski definition) is 6. The van der Waals surface area contributed by atoms with Crippen molar-refractivity contribution in [1.82, 2.24) is 24.6 Å². The number of benzene rings is 1. The van der Waals surface area contributed by atoms with Crippen LogP contribution in [-0.2, 0) is 7.05 Å². The minimum atomic E-state index is -0.507. The fraction of sp³-hybridized carbons (Fsp3) is 0.500. The van der Waals surface area contributed by atoms with Gasteiger partial charge in [-0.1, -0.05) is 17.8 Å². The van der Waals surface area contributed by atoms with Crippen molar-refractivity contribution in [2.45, 2.75) is 37.3 Å². The number of rotatable bonds is 7. The fourth-order valence-corrected chi connectivity index (χ4v) is 5.64. The number of oxazole rings is 1. The standard InChI is InChI=1S/C22H25F2N5OS.ClH/c1-14-19(30-13-25-14)20-26-27-21(28(20)2)31-9-3-7-29-8-6-22(12-29)11-17(22)16-5-4-15(23)10-18(16)24;/h4-5,10,13,17H,3,6-9,11-12H2,1-2H3;1H/t17-,22-;/m0./s1. The van der Waals surface area contributed by atoms with Gasteiger partial charge >= 0.3 is 0 Å². The Morgan fingerprint density at radius 2 is 2.12 bits per heavy atom. The third kappa shape index (κ3) is 4.30. The summed E-state index contributed by atoms with van der Waals surface area (Å²) in [6.07, 6.45) is 4.55. The SMILES string of the molecule is Cc1ncoc1-c1nnc(SCCCN2CC[C@]3(C[C@H]3c3ccc(F)cc3F)C2)n1C.Cl. The lowest BCUT2D eigenvalue weighted by Crippen LogP contribution is -2.23. The van der Waals surface area contributed by atoms with Crippen LogP contribution in [0.25, 0.3) is 11.6 Å². The molecular formula is C22H26ClF2N5OS. The first kappa shape index (κ1) is 23.2. The molecule has 1 aliphatic heterocycles. The Bertz CT molecular complexity index is 1110. The zero-order chi connectivity index (χ0) is 21.6. The van der Waals surface area contributed by atoms with Gasteiger partial charge < -0.3 is 13.9 Å². The highest BCUT2D eigenvalue weighted by molar-refractivity contribution is 7.99. The predicted molar refractivity (Wildman–Crippen MR) is 121 cm³/mol. The van der Waals surface area contributed by atoms with E-state index in [0.717, 1.165) is 61.6 Å². The normalized spacial score (nSPS) is 22.4. The summed E-state index contributed by atoms with van der Waals surface area (Å²) in [7, 11) is 1.94. The summed E-state index contributed by atoms with van der Waals surface area (Å²) in [6.45, 7) is 4.94. The van der Waals surface area contributed by atoms with Crippen LogP contribution in [0.4, 0.5) is 8.78 Å². The lowest BCUT2D eigenvalue weighted by Gasteiger charge is -2.16. The van der Waals surface area contributed by atoms with Crippen molar-refractivity contribution < 1.29 is 13.2 Å². The zero-order valence-corrected chi connectivity index (χ0v) is 19.7. The summed E-state index contributed by atoms with van der Waals surface area (Å²) >= 11 is 1.69. The minimum Gasteiger partial charge on any atom is -0.440 e. The summed E-state index contributed by atoms with van der Waals surface area (Å²) in [4.78, 5) is 6.59. The average Bonchev–Trinajstić information content (AvgIpc) is 3.04. The maximum Gasteiger partial charge on any atom is 0.202 e. The predicted octanol–water partition coefficient (Wildman–Crippen LogP) is 4.84. The second kappa shape index (κ2) is 9.11. The molecule has 5 rings (SSSR count). The molecule has 2 aliphatic rings. The highest BCUT2D eigenvalue weighted by Crippen LogP contribution is 2.64. The molecule has 2 aromatic heterocycles. The molecule has 32 heavy (non-hydrogen) atoms. The van der Waals surface area contributed by atoms with E-state index in [1.165, 1.54) is 12.5 Å². The van der Waals surface area contributed by atoms with Crippen molar-refractivity contribution in [3.8, 4) is 11.6 Å². The van der Waals surface area contributed by atoms with E-state index in [1.54, 1.807) is 17.8 Å². The Morgan fingerprint density at radius 3 is 2.88 bits per heavy atom. The highest BCUT2D eigenvalue weighted by Gasteiger charge is 2.58. The largest absolute Gasteiger partial charge is 0.440 e. The summed E-state index contributed by atoms with van der Waals surface area (Å²) < 4.78 is 34.7. The van der Waals surface area contributed by atoms with E-state index in [0.29, 0.717) is 17.1 Å². The van der Waals surface area contributed by atoms with Gasteiger partial charge in [-0.3, -0.25) is 0 Å².